The second-order valence-corrected chi connectivity index (χ2v) is 10.2. The Bertz CT molecular complexity index is 1180. The van der Waals surface area contributed by atoms with Gasteiger partial charge in [-0.1, -0.05) is 25.6 Å². The molecule has 0 spiro atoms. The molecule has 1 fully saturated rings. The first-order chi connectivity index (χ1) is 18.5. The van der Waals surface area contributed by atoms with Gasteiger partial charge in [0.15, 0.2) is 0 Å². The van der Waals surface area contributed by atoms with Crippen molar-refractivity contribution >= 4 is 6.47 Å². The predicted molar refractivity (Wildman–Crippen MR) is 150 cm³/mol. The van der Waals surface area contributed by atoms with Crippen molar-refractivity contribution in [1.29, 1.82) is 0 Å². The molecule has 0 saturated heterocycles. The largest absolute Gasteiger partial charge is 0.489 e. The van der Waals surface area contributed by atoms with E-state index in [2.05, 4.69) is 31.5 Å². The summed E-state index contributed by atoms with van der Waals surface area (Å²) in [6.07, 6.45) is 6.19. The summed E-state index contributed by atoms with van der Waals surface area (Å²) in [4.78, 5) is 12.9. The first-order valence-corrected chi connectivity index (χ1v) is 12.9. The fourth-order valence-corrected chi connectivity index (χ4v) is 4.25. The van der Waals surface area contributed by atoms with Crippen LogP contribution in [0.15, 0.2) is 66.0 Å². The zero-order valence-corrected chi connectivity index (χ0v) is 23.5. The number of aryl methyl sites for hydroxylation is 1. The SMILES string of the molecule is C=C(/C=C1/C[C@H](C)C/C1=C/C)OCc1cc(-c2ccc(OCCOCC(C)(C)O)nc2C)ccc1F.O=CO. The summed E-state index contributed by atoms with van der Waals surface area (Å²) in [7, 11) is 0. The first kappa shape index (κ1) is 31.7. The molecule has 1 aliphatic carbocycles. The number of aromatic nitrogens is 1. The van der Waals surface area contributed by atoms with Crippen LogP contribution in [0.5, 0.6) is 5.88 Å². The minimum Gasteiger partial charge on any atom is -0.489 e. The molecule has 0 aliphatic heterocycles. The van der Waals surface area contributed by atoms with Crippen LogP contribution in [0.25, 0.3) is 11.1 Å². The topological polar surface area (TPSA) is 98.1 Å². The highest BCUT2D eigenvalue weighted by molar-refractivity contribution is 5.67. The van der Waals surface area contributed by atoms with E-state index in [4.69, 9.17) is 24.1 Å². The summed E-state index contributed by atoms with van der Waals surface area (Å²) in [5, 5.41) is 16.6. The zero-order valence-electron chi connectivity index (χ0n) is 23.5. The molecule has 0 bridgehead atoms. The second kappa shape index (κ2) is 15.2. The summed E-state index contributed by atoms with van der Waals surface area (Å²) >= 11 is 0. The Balaban J connectivity index is 0.00000170. The molecule has 1 aromatic heterocycles. The minimum atomic E-state index is -0.870. The Morgan fingerprint density at radius 1 is 1.21 bits per heavy atom. The Hall–Kier alpha value is -3.49. The molecular formula is C31H40FNO6. The maximum atomic E-state index is 14.6. The van der Waals surface area contributed by atoms with Crippen molar-refractivity contribution in [3.05, 3.63) is 83.0 Å². The van der Waals surface area contributed by atoms with Crippen LogP contribution in [-0.2, 0) is 20.9 Å². The van der Waals surface area contributed by atoms with E-state index in [0.717, 1.165) is 29.7 Å². The lowest BCUT2D eigenvalue weighted by Gasteiger charge is -2.17. The van der Waals surface area contributed by atoms with Crippen molar-refractivity contribution < 1.29 is 33.6 Å². The molecule has 0 radical (unpaired) electrons. The number of rotatable bonds is 11. The van der Waals surface area contributed by atoms with E-state index >= 15 is 0 Å². The van der Waals surface area contributed by atoms with E-state index in [1.807, 2.05) is 19.1 Å². The summed E-state index contributed by atoms with van der Waals surface area (Å²) in [5.74, 6) is 1.32. The highest BCUT2D eigenvalue weighted by Gasteiger charge is 2.20. The number of pyridine rings is 1. The molecule has 7 nitrogen and oxygen atoms in total. The monoisotopic (exact) mass is 541 g/mol. The number of halogens is 1. The molecule has 1 heterocycles. The van der Waals surface area contributed by atoms with Crippen molar-refractivity contribution in [2.75, 3.05) is 19.8 Å². The van der Waals surface area contributed by atoms with Crippen LogP contribution in [0.1, 0.15) is 51.8 Å². The van der Waals surface area contributed by atoms with Crippen molar-refractivity contribution in [2.45, 2.75) is 59.7 Å². The fourth-order valence-electron chi connectivity index (χ4n) is 4.25. The summed E-state index contributed by atoms with van der Waals surface area (Å²) in [6.45, 7) is 14.3. The van der Waals surface area contributed by atoms with Gasteiger partial charge in [-0.3, -0.25) is 4.79 Å². The molecule has 2 N–H and O–H groups in total. The molecule has 0 unspecified atom stereocenters. The third-order valence-electron chi connectivity index (χ3n) is 6.00. The third-order valence-corrected chi connectivity index (χ3v) is 6.00. The molecule has 1 aliphatic rings. The van der Waals surface area contributed by atoms with Crippen LogP contribution in [0, 0.1) is 18.7 Å². The van der Waals surface area contributed by atoms with Crippen LogP contribution in [0.3, 0.4) is 0 Å². The Labute approximate surface area is 230 Å². The van der Waals surface area contributed by atoms with Crippen molar-refractivity contribution in [3.63, 3.8) is 0 Å². The number of aliphatic hydroxyl groups is 1. The Morgan fingerprint density at radius 3 is 2.54 bits per heavy atom. The van der Waals surface area contributed by atoms with Gasteiger partial charge >= 0.3 is 0 Å². The van der Waals surface area contributed by atoms with E-state index in [1.165, 1.54) is 17.2 Å². The lowest BCUT2D eigenvalue weighted by molar-refractivity contribution is -0.122. The van der Waals surface area contributed by atoms with E-state index in [9.17, 15) is 9.50 Å². The van der Waals surface area contributed by atoms with Crippen LogP contribution in [0.4, 0.5) is 4.39 Å². The van der Waals surface area contributed by atoms with Crippen LogP contribution in [0.2, 0.25) is 0 Å². The van der Waals surface area contributed by atoms with Gasteiger partial charge in [0.05, 0.1) is 18.8 Å². The van der Waals surface area contributed by atoms with E-state index in [-0.39, 0.29) is 25.5 Å². The Morgan fingerprint density at radius 2 is 1.90 bits per heavy atom. The first-order valence-electron chi connectivity index (χ1n) is 12.9. The van der Waals surface area contributed by atoms with Crippen LogP contribution >= 0.6 is 0 Å². The van der Waals surface area contributed by atoms with Gasteiger partial charge in [-0.2, -0.15) is 0 Å². The molecule has 1 aromatic carbocycles. The highest BCUT2D eigenvalue weighted by Crippen LogP contribution is 2.35. The number of carboxylic acid groups (broad SMARTS) is 1. The highest BCUT2D eigenvalue weighted by atomic mass is 19.1. The second-order valence-electron chi connectivity index (χ2n) is 10.2. The summed E-state index contributed by atoms with van der Waals surface area (Å²) < 4.78 is 31.4. The van der Waals surface area contributed by atoms with Gasteiger partial charge < -0.3 is 24.4 Å². The van der Waals surface area contributed by atoms with Gasteiger partial charge in [-0.15, -0.1) is 0 Å². The van der Waals surface area contributed by atoms with Gasteiger partial charge in [-0.05, 0) is 87.4 Å². The smallest absolute Gasteiger partial charge is 0.290 e. The van der Waals surface area contributed by atoms with Crippen molar-refractivity contribution in [2.24, 2.45) is 5.92 Å². The molecule has 0 amide bonds. The maximum absolute atomic E-state index is 14.6. The molecule has 1 saturated carbocycles. The van der Waals surface area contributed by atoms with E-state index < -0.39 is 5.60 Å². The Kier molecular flexibility index (Phi) is 12.4. The number of benzene rings is 1. The van der Waals surface area contributed by atoms with Gasteiger partial charge in [0.2, 0.25) is 5.88 Å². The number of nitrogens with zero attached hydrogens (tertiary/aromatic N) is 1. The van der Waals surface area contributed by atoms with Gasteiger partial charge in [-0.25, -0.2) is 9.37 Å². The number of ether oxygens (including phenoxy) is 3. The fraction of sp³-hybridized carbons (Fsp3) is 0.419. The third kappa shape index (κ3) is 10.7. The van der Waals surface area contributed by atoms with Gasteiger partial charge in [0, 0.05) is 22.9 Å². The number of hydrogen-bond acceptors (Lipinski definition) is 6. The average Bonchev–Trinajstić information content (AvgIpc) is 3.22. The van der Waals surface area contributed by atoms with E-state index in [1.54, 1.807) is 32.0 Å². The lowest BCUT2D eigenvalue weighted by Crippen LogP contribution is -2.27. The molecule has 212 valence electrons. The zero-order chi connectivity index (χ0) is 29.0. The number of hydrogen-bond donors (Lipinski definition) is 2. The molecule has 3 rings (SSSR count). The summed E-state index contributed by atoms with van der Waals surface area (Å²) in [6, 6.07) is 8.68. The van der Waals surface area contributed by atoms with E-state index in [0.29, 0.717) is 36.3 Å². The lowest BCUT2D eigenvalue weighted by atomic mass is 10.0. The minimum absolute atomic E-state index is 0.0985. The standard InChI is InChI=1S/C30H38FNO4.CH2O2/c1-7-23-14-20(2)15-25(23)16-21(3)36-18-26-17-24(8-10-28(26)31)27-9-11-29(32-22(27)4)35-13-12-34-19-30(5,6)33;2-1-3/h7-11,16-17,20,33H,3,12-15,18-19H2,1-2,4-6H3;1H,(H,2,3)/b23-7-,25-16-;/t20-;/m1./s1. The molecule has 1 atom stereocenters. The summed E-state index contributed by atoms with van der Waals surface area (Å²) in [5.41, 5.74) is 4.68. The predicted octanol–water partition coefficient (Wildman–Crippen LogP) is 6.40. The van der Waals surface area contributed by atoms with Gasteiger partial charge in [0.1, 0.15) is 24.8 Å². The van der Waals surface area contributed by atoms with Crippen LogP contribution in [-0.4, -0.2) is 47.1 Å². The molecule has 39 heavy (non-hydrogen) atoms. The van der Waals surface area contributed by atoms with Crippen LogP contribution < -0.4 is 4.74 Å². The van der Waals surface area contributed by atoms with Crippen molar-refractivity contribution in [3.8, 4) is 17.0 Å². The van der Waals surface area contributed by atoms with Crippen molar-refractivity contribution in [1.82, 2.24) is 4.98 Å². The molecule has 8 heteroatoms. The molecular weight excluding hydrogens is 501 g/mol. The number of allylic oxidation sites excluding steroid dienone is 4. The normalized spacial score (nSPS) is 17.1. The van der Waals surface area contributed by atoms with Gasteiger partial charge in [0.25, 0.3) is 6.47 Å². The average molecular weight is 542 g/mol. The quantitative estimate of drug-likeness (QED) is 0.193. The number of carbonyl (C=O) groups is 1. The molecule has 2 aromatic rings. The maximum Gasteiger partial charge on any atom is 0.290 e.